The summed E-state index contributed by atoms with van der Waals surface area (Å²) in [5.41, 5.74) is 1.43. The van der Waals surface area contributed by atoms with E-state index in [1.54, 1.807) is 12.1 Å². The number of carbonyl (C=O) groups is 1. The highest BCUT2D eigenvalue weighted by molar-refractivity contribution is 9.10. The fourth-order valence-electron chi connectivity index (χ4n) is 2.39. The largest absolute Gasteiger partial charge is 0.386 e. The lowest BCUT2D eigenvalue weighted by atomic mass is 10.1. The first-order valence-electron chi connectivity index (χ1n) is 7.57. The Balaban J connectivity index is 1.65. The Bertz CT molecular complexity index is 920. The minimum Gasteiger partial charge on any atom is -0.386 e. The molecule has 25 heavy (non-hydrogen) atoms. The Kier molecular flexibility index (Phi) is 5.25. The number of carbonyl (C=O) groups excluding carboxylic acids is 1. The van der Waals surface area contributed by atoms with Crippen LogP contribution in [0.15, 0.2) is 59.2 Å². The van der Waals surface area contributed by atoms with Crippen LogP contribution in [-0.2, 0) is 0 Å². The third-order valence-electron chi connectivity index (χ3n) is 3.65. The predicted molar refractivity (Wildman–Crippen MR) is 97.8 cm³/mol. The highest BCUT2D eigenvalue weighted by atomic mass is 79.9. The number of benzene rings is 2. The van der Waals surface area contributed by atoms with Gasteiger partial charge in [-0.2, -0.15) is 0 Å². The monoisotopic (exact) mass is 403 g/mol. The second-order valence-electron chi connectivity index (χ2n) is 5.39. The van der Waals surface area contributed by atoms with E-state index in [9.17, 15) is 14.3 Å². The van der Waals surface area contributed by atoms with Crippen molar-refractivity contribution in [1.29, 1.82) is 0 Å². The molecule has 128 valence electrons. The van der Waals surface area contributed by atoms with Crippen LogP contribution in [0.5, 0.6) is 0 Å². The zero-order chi connectivity index (χ0) is 17.8. The molecule has 0 saturated heterocycles. The van der Waals surface area contributed by atoms with E-state index in [0.29, 0.717) is 10.3 Å². The molecular weight excluding hydrogens is 389 g/mol. The number of hydrogen-bond donors (Lipinski definition) is 3. The zero-order valence-electron chi connectivity index (χ0n) is 13.0. The summed E-state index contributed by atoms with van der Waals surface area (Å²) in [7, 11) is 0. The fourth-order valence-corrected chi connectivity index (χ4v) is 2.80. The maximum Gasteiger partial charge on any atom is 0.319 e. The Morgan fingerprint density at radius 3 is 2.72 bits per heavy atom. The number of fused-ring (bicyclic) bond motifs is 1. The van der Waals surface area contributed by atoms with E-state index in [1.165, 1.54) is 18.2 Å². The van der Waals surface area contributed by atoms with Gasteiger partial charge in [-0.3, -0.25) is 0 Å². The molecule has 0 unspecified atom stereocenters. The lowest BCUT2D eigenvalue weighted by Crippen LogP contribution is -2.32. The number of nitrogens with zero attached hydrogens (tertiary/aromatic N) is 1. The predicted octanol–water partition coefficient (Wildman–Crippen LogP) is 3.99. The lowest BCUT2D eigenvalue weighted by molar-refractivity contribution is 0.170. The maximum atomic E-state index is 13.6. The van der Waals surface area contributed by atoms with Crippen LogP contribution in [0.4, 0.5) is 14.9 Å². The van der Waals surface area contributed by atoms with Gasteiger partial charge in [0.2, 0.25) is 0 Å². The van der Waals surface area contributed by atoms with Crippen molar-refractivity contribution in [3.05, 3.63) is 70.6 Å². The average molecular weight is 404 g/mol. The van der Waals surface area contributed by atoms with Crippen LogP contribution in [0.3, 0.4) is 0 Å². The molecule has 1 atom stereocenters. The highest BCUT2D eigenvalue weighted by Crippen LogP contribution is 2.25. The number of hydrogen-bond acceptors (Lipinski definition) is 3. The molecular formula is C18H15BrFN3O2. The number of pyridine rings is 1. The van der Waals surface area contributed by atoms with Gasteiger partial charge >= 0.3 is 6.03 Å². The number of rotatable bonds is 4. The Morgan fingerprint density at radius 1 is 1.20 bits per heavy atom. The van der Waals surface area contributed by atoms with Crippen LogP contribution >= 0.6 is 15.9 Å². The summed E-state index contributed by atoms with van der Waals surface area (Å²) in [6.07, 6.45) is -1.13. The van der Waals surface area contributed by atoms with E-state index >= 15 is 0 Å². The van der Waals surface area contributed by atoms with Gasteiger partial charge < -0.3 is 15.7 Å². The molecule has 2 amide bonds. The molecule has 3 N–H and O–H groups in total. The number of para-hydroxylation sites is 1. The summed E-state index contributed by atoms with van der Waals surface area (Å²) in [5, 5.41) is 16.1. The van der Waals surface area contributed by atoms with Gasteiger partial charge in [0, 0.05) is 17.5 Å². The molecule has 1 aromatic heterocycles. The molecule has 0 aliphatic heterocycles. The quantitative estimate of drug-likeness (QED) is 0.576. The van der Waals surface area contributed by atoms with Crippen molar-refractivity contribution in [1.82, 2.24) is 10.3 Å². The molecule has 0 bridgehead atoms. The number of halogens is 2. The molecule has 0 fully saturated rings. The highest BCUT2D eigenvalue weighted by Gasteiger charge is 2.14. The second-order valence-corrected chi connectivity index (χ2v) is 6.14. The van der Waals surface area contributed by atoms with E-state index in [0.717, 1.165) is 10.9 Å². The summed E-state index contributed by atoms with van der Waals surface area (Å²) < 4.78 is 14.1. The van der Waals surface area contributed by atoms with Gasteiger partial charge in [-0.15, -0.1) is 0 Å². The summed E-state index contributed by atoms with van der Waals surface area (Å²) in [4.78, 5) is 16.4. The van der Waals surface area contributed by atoms with Gasteiger partial charge in [0.05, 0.1) is 17.3 Å². The lowest BCUT2D eigenvalue weighted by Gasteiger charge is -2.14. The molecule has 0 aliphatic carbocycles. The Morgan fingerprint density at radius 2 is 1.92 bits per heavy atom. The third-order valence-corrected chi connectivity index (χ3v) is 4.25. The van der Waals surface area contributed by atoms with Crippen molar-refractivity contribution in [2.75, 3.05) is 11.9 Å². The molecule has 0 saturated carbocycles. The minimum absolute atomic E-state index is 0.120. The van der Waals surface area contributed by atoms with Gasteiger partial charge in [0.15, 0.2) is 0 Å². The van der Waals surface area contributed by atoms with Gasteiger partial charge in [-0.1, -0.05) is 36.4 Å². The van der Waals surface area contributed by atoms with Crippen LogP contribution < -0.4 is 10.6 Å². The third kappa shape index (κ3) is 4.12. The first-order valence-corrected chi connectivity index (χ1v) is 8.36. The number of anilines is 1. The van der Waals surface area contributed by atoms with E-state index in [2.05, 4.69) is 31.5 Å². The van der Waals surface area contributed by atoms with Crippen molar-refractivity contribution < 1.29 is 14.3 Å². The van der Waals surface area contributed by atoms with Crippen molar-refractivity contribution >= 4 is 38.6 Å². The summed E-state index contributed by atoms with van der Waals surface area (Å²) in [6, 6.07) is 14.7. The van der Waals surface area contributed by atoms with Crippen molar-refractivity contribution in [2.45, 2.75) is 6.10 Å². The molecule has 5 nitrogen and oxygen atoms in total. The number of aliphatic hydroxyl groups is 1. The summed E-state index contributed by atoms with van der Waals surface area (Å²) in [5.74, 6) is -0.515. The van der Waals surface area contributed by atoms with Gasteiger partial charge in [0.1, 0.15) is 10.4 Å². The van der Waals surface area contributed by atoms with Crippen LogP contribution in [0, 0.1) is 5.82 Å². The molecule has 3 aromatic rings. The van der Waals surface area contributed by atoms with Crippen molar-refractivity contribution in [3.8, 4) is 0 Å². The van der Waals surface area contributed by atoms with Crippen molar-refractivity contribution in [2.24, 2.45) is 0 Å². The van der Waals surface area contributed by atoms with E-state index in [4.69, 9.17) is 0 Å². The average Bonchev–Trinajstić information content (AvgIpc) is 2.61. The molecule has 0 spiro atoms. The van der Waals surface area contributed by atoms with Gasteiger partial charge in [0.25, 0.3) is 0 Å². The summed E-state index contributed by atoms with van der Waals surface area (Å²) >= 11 is 3.32. The van der Waals surface area contributed by atoms with E-state index in [-0.39, 0.29) is 12.1 Å². The first-order chi connectivity index (χ1) is 12.0. The fraction of sp³-hybridized carbons (Fsp3) is 0.111. The number of urea groups is 1. The topological polar surface area (TPSA) is 74.2 Å². The normalized spacial score (nSPS) is 12.0. The molecule has 2 aromatic carbocycles. The SMILES string of the molecule is O=C(NC[C@@H](O)c1ccccc1F)Nc1cc2ccccc2nc1Br. The molecule has 1 heterocycles. The Hall–Kier alpha value is -2.51. The van der Waals surface area contributed by atoms with E-state index in [1.807, 2.05) is 24.3 Å². The van der Waals surface area contributed by atoms with Gasteiger partial charge in [-0.05, 0) is 34.1 Å². The zero-order valence-corrected chi connectivity index (χ0v) is 14.6. The van der Waals surface area contributed by atoms with Crippen LogP contribution in [0.2, 0.25) is 0 Å². The number of amides is 2. The first kappa shape index (κ1) is 17.3. The van der Waals surface area contributed by atoms with Crippen LogP contribution in [-0.4, -0.2) is 22.7 Å². The maximum absolute atomic E-state index is 13.6. The Labute approximate surface area is 152 Å². The van der Waals surface area contributed by atoms with E-state index < -0.39 is 18.0 Å². The number of nitrogens with one attached hydrogen (secondary N) is 2. The van der Waals surface area contributed by atoms with Crippen molar-refractivity contribution in [3.63, 3.8) is 0 Å². The van der Waals surface area contributed by atoms with Crippen LogP contribution in [0.25, 0.3) is 10.9 Å². The summed E-state index contributed by atoms with van der Waals surface area (Å²) in [6.45, 7) is -0.120. The second kappa shape index (κ2) is 7.58. The molecule has 3 rings (SSSR count). The molecule has 0 aliphatic rings. The molecule has 0 radical (unpaired) electrons. The number of aromatic nitrogens is 1. The molecule has 7 heteroatoms. The van der Waals surface area contributed by atoms with Crippen LogP contribution in [0.1, 0.15) is 11.7 Å². The minimum atomic E-state index is -1.13. The standard InChI is InChI=1S/C18H15BrFN3O2/c19-17-15(9-11-5-1-4-8-14(11)22-17)23-18(25)21-10-16(24)12-6-2-3-7-13(12)20/h1-9,16,24H,10H2,(H2,21,23,25)/t16-/m1/s1. The van der Waals surface area contributed by atoms with Gasteiger partial charge in [-0.25, -0.2) is 14.2 Å². The number of aliphatic hydroxyl groups excluding tert-OH is 1. The smallest absolute Gasteiger partial charge is 0.319 e.